The zero-order valence-corrected chi connectivity index (χ0v) is 16.0. The molecule has 0 aliphatic heterocycles. The number of ether oxygens (including phenoxy) is 1. The molecule has 26 heavy (non-hydrogen) atoms. The summed E-state index contributed by atoms with van der Waals surface area (Å²) in [5, 5.41) is 13.7. The predicted octanol–water partition coefficient (Wildman–Crippen LogP) is 4.04. The van der Waals surface area contributed by atoms with Crippen LogP contribution in [0.5, 0.6) is 0 Å². The van der Waals surface area contributed by atoms with Crippen LogP contribution >= 0.6 is 23.2 Å². The number of hydrogen-bond acceptors (Lipinski definition) is 4. The maximum absolute atomic E-state index is 6.11. The third kappa shape index (κ3) is 4.83. The van der Waals surface area contributed by atoms with E-state index in [-0.39, 0.29) is 0 Å². The van der Waals surface area contributed by atoms with Crippen LogP contribution in [0.2, 0.25) is 10.0 Å². The Balaban J connectivity index is 1.83. The van der Waals surface area contributed by atoms with Crippen LogP contribution in [0.15, 0.2) is 48.5 Å². The number of nitrogens with zero attached hydrogens (tertiary/aromatic N) is 3. The molecule has 1 N–H and O–H groups in total. The molecule has 0 bridgehead atoms. The standard InChI is InChI=1S/C19H20Cl2N4O/c1-26-10-9-22-12-18-19(15-5-3-2-4-6-15)24-25(23-18)13-14-7-8-16(20)17(21)11-14/h2-8,11,22H,9-10,12-13H2,1H3. The summed E-state index contributed by atoms with van der Waals surface area (Å²) in [5.41, 5.74) is 3.80. The van der Waals surface area contributed by atoms with E-state index in [9.17, 15) is 0 Å². The van der Waals surface area contributed by atoms with Crippen molar-refractivity contribution in [3.63, 3.8) is 0 Å². The van der Waals surface area contributed by atoms with Crippen LogP contribution in [0, 0.1) is 0 Å². The summed E-state index contributed by atoms with van der Waals surface area (Å²) in [6.07, 6.45) is 0. The molecule has 0 spiro atoms. The van der Waals surface area contributed by atoms with E-state index in [1.165, 1.54) is 0 Å². The van der Waals surface area contributed by atoms with Gasteiger partial charge in [-0.2, -0.15) is 15.0 Å². The molecule has 3 rings (SSSR count). The van der Waals surface area contributed by atoms with E-state index in [0.29, 0.717) is 29.7 Å². The number of nitrogens with one attached hydrogen (secondary N) is 1. The van der Waals surface area contributed by atoms with Crippen LogP contribution in [-0.4, -0.2) is 35.3 Å². The summed E-state index contributed by atoms with van der Waals surface area (Å²) in [4.78, 5) is 1.69. The molecular weight excluding hydrogens is 371 g/mol. The number of methoxy groups -OCH3 is 1. The van der Waals surface area contributed by atoms with Crippen LogP contribution < -0.4 is 5.32 Å². The molecule has 0 unspecified atom stereocenters. The van der Waals surface area contributed by atoms with Crippen molar-refractivity contribution in [2.75, 3.05) is 20.3 Å². The molecule has 0 aliphatic rings. The minimum absolute atomic E-state index is 0.523. The second kappa shape index (κ2) is 9.14. The third-order valence-corrected chi connectivity index (χ3v) is 4.59. The number of hydrogen-bond donors (Lipinski definition) is 1. The average molecular weight is 391 g/mol. The molecule has 2 aromatic carbocycles. The van der Waals surface area contributed by atoms with Gasteiger partial charge in [0, 0.05) is 25.8 Å². The lowest BCUT2D eigenvalue weighted by Gasteiger charge is -2.03. The minimum atomic E-state index is 0.523. The highest BCUT2D eigenvalue weighted by Crippen LogP contribution is 2.24. The van der Waals surface area contributed by atoms with Gasteiger partial charge in [-0.05, 0) is 17.7 Å². The van der Waals surface area contributed by atoms with Gasteiger partial charge in [-0.25, -0.2) is 0 Å². The van der Waals surface area contributed by atoms with Crippen molar-refractivity contribution in [3.05, 3.63) is 69.8 Å². The van der Waals surface area contributed by atoms with Crippen LogP contribution in [0.3, 0.4) is 0 Å². The molecular formula is C19H20Cl2N4O. The fraction of sp³-hybridized carbons (Fsp3) is 0.263. The summed E-state index contributed by atoms with van der Waals surface area (Å²) in [7, 11) is 1.69. The molecule has 0 fully saturated rings. The molecule has 0 radical (unpaired) electrons. The SMILES string of the molecule is COCCNCc1nn(Cc2ccc(Cl)c(Cl)c2)nc1-c1ccccc1. The summed E-state index contributed by atoms with van der Waals surface area (Å²) in [5.74, 6) is 0. The van der Waals surface area contributed by atoms with E-state index < -0.39 is 0 Å². The molecule has 0 saturated carbocycles. The van der Waals surface area contributed by atoms with Gasteiger partial charge in [0.25, 0.3) is 0 Å². The van der Waals surface area contributed by atoms with Crippen molar-refractivity contribution < 1.29 is 4.74 Å². The first-order valence-corrected chi connectivity index (χ1v) is 9.06. The van der Waals surface area contributed by atoms with E-state index >= 15 is 0 Å². The zero-order chi connectivity index (χ0) is 18.4. The first-order valence-electron chi connectivity index (χ1n) is 8.30. The number of benzene rings is 2. The van der Waals surface area contributed by atoms with E-state index in [2.05, 4.69) is 15.5 Å². The molecule has 7 heteroatoms. The Labute approximate surface area is 162 Å². The third-order valence-electron chi connectivity index (χ3n) is 3.86. The van der Waals surface area contributed by atoms with Gasteiger partial charge in [0.05, 0.1) is 23.2 Å². The lowest BCUT2D eigenvalue weighted by molar-refractivity contribution is 0.199. The van der Waals surface area contributed by atoms with Gasteiger partial charge in [-0.1, -0.05) is 59.6 Å². The fourth-order valence-corrected chi connectivity index (χ4v) is 2.90. The predicted molar refractivity (Wildman–Crippen MR) is 105 cm³/mol. The maximum Gasteiger partial charge on any atom is 0.117 e. The van der Waals surface area contributed by atoms with Gasteiger partial charge in [-0.15, -0.1) is 0 Å². The second-order valence-corrected chi connectivity index (χ2v) is 6.62. The van der Waals surface area contributed by atoms with Gasteiger partial charge in [-0.3, -0.25) is 0 Å². The molecule has 0 amide bonds. The van der Waals surface area contributed by atoms with Crippen molar-refractivity contribution in [1.29, 1.82) is 0 Å². The lowest BCUT2D eigenvalue weighted by atomic mass is 10.1. The van der Waals surface area contributed by atoms with E-state index in [0.717, 1.165) is 29.1 Å². The van der Waals surface area contributed by atoms with Gasteiger partial charge >= 0.3 is 0 Å². The quantitative estimate of drug-likeness (QED) is 0.589. The first-order chi connectivity index (χ1) is 12.7. The number of aromatic nitrogens is 3. The van der Waals surface area contributed by atoms with E-state index in [1.807, 2.05) is 42.5 Å². The minimum Gasteiger partial charge on any atom is -0.383 e. The summed E-state index contributed by atoms with van der Waals surface area (Å²) in [6.45, 7) is 2.55. The second-order valence-electron chi connectivity index (χ2n) is 5.81. The topological polar surface area (TPSA) is 52.0 Å². The van der Waals surface area contributed by atoms with Crippen LogP contribution in [0.1, 0.15) is 11.3 Å². The lowest BCUT2D eigenvalue weighted by Crippen LogP contribution is -2.19. The molecule has 3 aromatic rings. The average Bonchev–Trinajstić information content (AvgIpc) is 3.05. The van der Waals surface area contributed by atoms with Crippen molar-refractivity contribution in [3.8, 4) is 11.3 Å². The van der Waals surface area contributed by atoms with Gasteiger partial charge in [0.15, 0.2) is 0 Å². The Hall–Kier alpha value is -1.92. The Morgan fingerprint density at radius 3 is 2.58 bits per heavy atom. The molecule has 136 valence electrons. The highest BCUT2D eigenvalue weighted by Gasteiger charge is 2.13. The van der Waals surface area contributed by atoms with E-state index in [4.69, 9.17) is 27.9 Å². The largest absolute Gasteiger partial charge is 0.383 e. The van der Waals surface area contributed by atoms with Crippen LogP contribution in [-0.2, 0) is 17.8 Å². The van der Waals surface area contributed by atoms with Crippen molar-refractivity contribution in [2.45, 2.75) is 13.1 Å². The van der Waals surface area contributed by atoms with Crippen LogP contribution in [0.4, 0.5) is 0 Å². The fourth-order valence-electron chi connectivity index (χ4n) is 2.57. The van der Waals surface area contributed by atoms with E-state index in [1.54, 1.807) is 18.0 Å². The monoisotopic (exact) mass is 390 g/mol. The Kier molecular flexibility index (Phi) is 6.63. The molecule has 5 nitrogen and oxygen atoms in total. The Morgan fingerprint density at radius 2 is 1.85 bits per heavy atom. The molecule has 0 saturated heterocycles. The first kappa shape index (κ1) is 18.9. The summed E-state index contributed by atoms with van der Waals surface area (Å²) >= 11 is 12.1. The van der Waals surface area contributed by atoms with Crippen LogP contribution in [0.25, 0.3) is 11.3 Å². The number of rotatable bonds is 8. The molecule has 0 aliphatic carbocycles. The van der Waals surface area contributed by atoms with Crippen molar-refractivity contribution in [1.82, 2.24) is 20.3 Å². The van der Waals surface area contributed by atoms with Gasteiger partial charge in [0.1, 0.15) is 11.4 Å². The zero-order valence-electron chi connectivity index (χ0n) is 14.5. The van der Waals surface area contributed by atoms with Gasteiger partial charge in [0.2, 0.25) is 0 Å². The smallest absolute Gasteiger partial charge is 0.117 e. The van der Waals surface area contributed by atoms with Crippen molar-refractivity contribution in [2.24, 2.45) is 0 Å². The Morgan fingerprint density at radius 1 is 1.04 bits per heavy atom. The highest BCUT2D eigenvalue weighted by atomic mass is 35.5. The van der Waals surface area contributed by atoms with Gasteiger partial charge < -0.3 is 10.1 Å². The summed E-state index contributed by atoms with van der Waals surface area (Å²) in [6, 6.07) is 15.6. The normalized spacial score (nSPS) is 11.0. The van der Waals surface area contributed by atoms with Crippen molar-refractivity contribution >= 4 is 23.2 Å². The highest BCUT2D eigenvalue weighted by molar-refractivity contribution is 6.42. The maximum atomic E-state index is 6.11. The summed E-state index contributed by atoms with van der Waals surface area (Å²) < 4.78 is 5.07. The molecule has 1 heterocycles. The Bertz CT molecular complexity index is 852. The molecule has 0 atom stereocenters. The number of halogens is 2. The molecule has 1 aromatic heterocycles.